The molecule has 4 nitrogen and oxygen atoms in total. The van der Waals surface area contributed by atoms with Crippen molar-refractivity contribution in [1.82, 2.24) is 16.0 Å². The molecule has 0 saturated heterocycles. The molecule has 2 aliphatic heterocycles. The topological polar surface area (TPSA) is 48.5 Å². The molecule has 0 saturated carbocycles. The van der Waals surface area contributed by atoms with Gasteiger partial charge in [-0.3, -0.25) is 10.3 Å². The fraction of sp³-hybridized carbons (Fsp3) is 0.121. The van der Waals surface area contributed by atoms with Crippen molar-refractivity contribution in [2.24, 2.45) is 4.99 Å². The minimum Gasteiger partial charge on any atom is -0.387 e. The Morgan fingerprint density at radius 3 is 2.19 bits per heavy atom. The number of benzene rings is 4. The molecule has 4 aromatic carbocycles. The molecular formula is C33H30N4. The Morgan fingerprint density at radius 2 is 1.46 bits per heavy atom. The van der Waals surface area contributed by atoms with E-state index in [0.29, 0.717) is 0 Å². The monoisotopic (exact) mass is 482 g/mol. The fourth-order valence-corrected chi connectivity index (χ4v) is 5.18. The first-order valence-corrected chi connectivity index (χ1v) is 12.7. The summed E-state index contributed by atoms with van der Waals surface area (Å²) in [5.74, 6) is 0. The second-order valence-corrected chi connectivity index (χ2v) is 9.57. The number of hydrogen-bond donors (Lipinski definition) is 3. The van der Waals surface area contributed by atoms with Crippen LogP contribution in [-0.4, -0.2) is 12.9 Å². The minimum atomic E-state index is -0.627. The van der Waals surface area contributed by atoms with Gasteiger partial charge in [-0.05, 0) is 51.9 Å². The summed E-state index contributed by atoms with van der Waals surface area (Å²) in [4.78, 5) is 4.84. The van der Waals surface area contributed by atoms with E-state index in [1.54, 1.807) is 0 Å². The molecular weight excluding hydrogens is 452 g/mol. The highest BCUT2D eigenvalue weighted by Crippen LogP contribution is 2.35. The van der Waals surface area contributed by atoms with Gasteiger partial charge < -0.3 is 10.6 Å². The molecule has 2 heterocycles. The molecule has 37 heavy (non-hydrogen) atoms. The Morgan fingerprint density at radius 1 is 0.757 bits per heavy atom. The lowest BCUT2D eigenvalue weighted by Gasteiger charge is -2.41. The first-order valence-electron chi connectivity index (χ1n) is 12.7. The summed E-state index contributed by atoms with van der Waals surface area (Å²) in [5, 5.41) is 10.8. The van der Waals surface area contributed by atoms with Crippen LogP contribution < -0.4 is 16.0 Å². The van der Waals surface area contributed by atoms with Gasteiger partial charge in [0.05, 0.1) is 6.34 Å². The largest absolute Gasteiger partial charge is 0.387 e. The van der Waals surface area contributed by atoms with Gasteiger partial charge in [0.15, 0.2) is 0 Å². The fourth-order valence-electron chi connectivity index (χ4n) is 5.18. The van der Waals surface area contributed by atoms with Crippen molar-refractivity contribution in [1.29, 1.82) is 0 Å². The van der Waals surface area contributed by atoms with Crippen molar-refractivity contribution >= 4 is 11.9 Å². The van der Waals surface area contributed by atoms with Crippen molar-refractivity contribution in [2.45, 2.75) is 18.8 Å². The number of aliphatic imine (C=N–C) groups is 1. The van der Waals surface area contributed by atoms with Crippen LogP contribution in [0.4, 0.5) is 0 Å². The van der Waals surface area contributed by atoms with Crippen LogP contribution in [0.2, 0.25) is 0 Å². The van der Waals surface area contributed by atoms with Crippen LogP contribution in [0.3, 0.4) is 0 Å². The van der Waals surface area contributed by atoms with Crippen molar-refractivity contribution in [3.8, 4) is 11.1 Å². The van der Waals surface area contributed by atoms with Crippen LogP contribution in [0.25, 0.3) is 16.7 Å². The third kappa shape index (κ3) is 4.59. The maximum absolute atomic E-state index is 4.84. The summed E-state index contributed by atoms with van der Waals surface area (Å²) in [6.45, 7) is 3.01. The second kappa shape index (κ2) is 9.92. The lowest BCUT2D eigenvalue weighted by molar-refractivity contribution is 0.309. The molecule has 3 N–H and O–H groups in total. The molecule has 182 valence electrons. The second-order valence-electron chi connectivity index (χ2n) is 9.57. The molecule has 0 spiro atoms. The van der Waals surface area contributed by atoms with Crippen molar-refractivity contribution < 1.29 is 0 Å². The van der Waals surface area contributed by atoms with Crippen LogP contribution in [0.1, 0.15) is 34.0 Å². The predicted molar refractivity (Wildman–Crippen MR) is 153 cm³/mol. The van der Waals surface area contributed by atoms with E-state index in [4.69, 9.17) is 4.99 Å². The number of nitrogens with one attached hydrogen (secondary N) is 3. The third-order valence-electron chi connectivity index (χ3n) is 7.03. The van der Waals surface area contributed by atoms with Gasteiger partial charge in [0.25, 0.3) is 0 Å². The summed E-state index contributed by atoms with van der Waals surface area (Å²) < 4.78 is 0. The Balaban J connectivity index is 1.40. The smallest absolute Gasteiger partial charge is 0.144 e. The number of rotatable bonds is 5. The van der Waals surface area contributed by atoms with Crippen LogP contribution in [0.5, 0.6) is 0 Å². The molecule has 6 rings (SSSR count). The van der Waals surface area contributed by atoms with Crippen LogP contribution in [0.15, 0.2) is 126 Å². The van der Waals surface area contributed by atoms with Gasteiger partial charge in [-0.25, -0.2) is 0 Å². The van der Waals surface area contributed by atoms with E-state index < -0.39 is 5.66 Å². The summed E-state index contributed by atoms with van der Waals surface area (Å²) in [6.07, 6.45) is 8.05. The first kappa shape index (κ1) is 23.0. The van der Waals surface area contributed by atoms with E-state index in [1.807, 2.05) is 12.4 Å². The number of dihydropyridines is 1. The van der Waals surface area contributed by atoms with Crippen molar-refractivity contribution in [2.75, 3.05) is 6.54 Å². The molecule has 4 aromatic rings. The average molecular weight is 483 g/mol. The maximum atomic E-state index is 4.84. The van der Waals surface area contributed by atoms with Crippen molar-refractivity contribution in [3.63, 3.8) is 0 Å². The summed E-state index contributed by atoms with van der Waals surface area (Å²) in [6, 6.07) is 36.5. The minimum absolute atomic E-state index is 0.213. The van der Waals surface area contributed by atoms with E-state index in [2.05, 4.69) is 138 Å². The summed E-state index contributed by atoms with van der Waals surface area (Å²) in [5.41, 5.74) is 8.75. The normalized spacial score (nSPS) is 20.6. The highest BCUT2D eigenvalue weighted by Gasteiger charge is 2.38. The van der Waals surface area contributed by atoms with Crippen LogP contribution in [0, 0.1) is 6.92 Å². The van der Waals surface area contributed by atoms with Gasteiger partial charge in [-0.2, -0.15) is 0 Å². The molecule has 0 bridgehead atoms. The number of aryl methyl sites for hydroxylation is 1. The highest BCUT2D eigenvalue weighted by atomic mass is 15.3. The van der Waals surface area contributed by atoms with Gasteiger partial charge in [0.2, 0.25) is 0 Å². The van der Waals surface area contributed by atoms with Crippen molar-refractivity contribution in [3.05, 3.63) is 149 Å². The molecule has 2 unspecified atom stereocenters. The van der Waals surface area contributed by atoms with Crippen LogP contribution >= 0.6 is 0 Å². The SMILES string of the molecule is Cc1cc(C2=CNCC=C2)cc(C2N=CNC(c3ccccc3)(c3ccc(-c4ccccc4)cc3)N2)c1. The highest BCUT2D eigenvalue weighted by molar-refractivity contribution is 5.75. The lowest BCUT2D eigenvalue weighted by atomic mass is 9.88. The maximum Gasteiger partial charge on any atom is 0.144 e. The van der Waals surface area contributed by atoms with Gasteiger partial charge in [-0.15, -0.1) is 0 Å². The van der Waals surface area contributed by atoms with Crippen LogP contribution in [-0.2, 0) is 5.66 Å². The molecule has 0 amide bonds. The predicted octanol–water partition coefficient (Wildman–Crippen LogP) is 6.28. The van der Waals surface area contributed by atoms with E-state index in [1.165, 1.54) is 27.8 Å². The molecule has 2 atom stereocenters. The Kier molecular flexibility index (Phi) is 6.17. The average Bonchev–Trinajstić information content (AvgIpc) is 2.98. The summed E-state index contributed by atoms with van der Waals surface area (Å²) in [7, 11) is 0. The quantitative estimate of drug-likeness (QED) is 0.314. The lowest BCUT2D eigenvalue weighted by Crippen LogP contribution is -2.57. The zero-order chi connectivity index (χ0) is 25.1. The Bertz CT molecular complexity index is 1470. The van der Waals surface area contributed by atoms with Gasteiger partial charge in [0.1, 0.15) is 11.8 Å². The molecule has 0 radical (unpaired) electrons. The molecule has 0 aliphatic carbocycles. The Hall–Kier alpha value is -4.41. The van der Waals surface area contributed by atoms with E-state index in [-0.39, 0.29) is 6.17 Å². The zero-order valence-corrected chi connectivity index (χ0v) is 20.9. The van der Waals surface area contributed by atoms with Gasteiger partial charge >= 0.3 is 0 Å². The number of allylic oxidation sites excluding steroid dienone is 2. The van der Waals surface area contributed by atoms with Gasteiger partial charge in [-0.1, -0.05) is 115 Å². The van der Waals surface area contributed by atoms with E-state index in [0.717, 1.165) is 23.2 Å². The zero-order valence-electron chi connectivity index (χ0n) is 20.9. The third-order valence-corrected chi connectivity index (χ3v) is 7.03. The molecule has 2 aliphatic rings. The molecule has 4 heteroatoms. The van der Waals surface area contributed by atoms with Gasteiger partial charge in [0, 0.05) is 12.7 Å². The van der Waals surface area contributed by atoms with E-state index >= 15 is 0 Å². The summed E-state index contributed by atoms with van der Waals surface area (Å²) >= 11 is 0. The Labute approximate surface area is 218 Å². The van der Waals surface area contributed by atoms with E-state index in [9.17, 15) is 0 Å². The molecule has 0 aromatic heterocycles. The standard InChI is InChI=1S/C33H30N4/c1-24-19-28(27-11-8-18-34-22-27)21-29(20-24)32-35-23-36-33(37-32,30-12-6-3-7-13-30)31-16-14-26(15-17-31)25-9-4-2-5-10-25/h2-17,19-23,32,34,37H,18H2,1H3,(H,35,36). The first-order chi connectivity index (χ1) is 18.2. The number of hydrogen-bond acceptors (Lipinski definition) is 4. The number of nitrogens with zero attached hydrogens (tertiary/aromatic N) is 1. The molecule has 0 fully saturated rings.